The Morgan fingerprint density at radius 2 is 1.75 bits per heavy atom. The molecule has 0 radical (unpaired) electrons. The van der Waals surface area contributed by atoms with Gasteiger partial charge in [0.05, 0.1) is 0 Å². The lowest BCUT2D eigenvalue weighted by Gasteiger charge is -2.30. The molecule has 1 aromatic rings. The monoisotopic (exact) mass is 275 g/mol. The van der Waals surface area contributed by atoms with E-state index in [9.17, 15) is 0 Å². The third-order valence-corrected chi connectivity index (χ3v) is 4.31. The zero-order valence-corrected chi connectivity index (χ0v) is 13.2. The summed E-state index contributed by atoms with van der Waals surface area (Å²) in [5.41, 5.74) is 2.55. The Kier molecular flexibility index (Phi) is 5.90. The van der Waals surface area contributed by atoms with Crippen molar-refractivity contribution in [2.75, 3.05) is 13.2 Å². The quantitative estimate of drug-likeness (QED) is 0.838. The van der Waals surface area contributed by atoms with Crippen LogP contribution in [0.25, 0.3) is 0 Å². The van der Waals surface area contributed by atoms with Crippen LogP contribution in [0.3, 0.4) is 0 Å². The number of likely N-dealkylation sites (N-methyl/N-ethyl adjacent to an activating group) is 1. The zero-order chi connectivity index (χ0) is 14.4. The molecule has 1 atom stereocenters. The summed E-state index contributed by atoms with van der Waals surface area (Å²) in [6.45, 7) is 8.26. The molecule has 2 rings (SSSR count). The van der Waals surface area contributed by atoms with Gasteiger partial charge in [-0.3, -0.25) is 0 Å². The summed E-state index contributed by atoms with van der Waals surface area (Å²) in [7, 11) is 0. The second-order valence-corrected chi connectivity index (χ2v) is 6.20. The number of hydrogen-bond acceptors (Lipinski definition) is 2. The van der Waals surface area contributed by atoms with Crippen LogP contribution in [0.2, 0.25) is 0 Å². The van der Waals surface area contributed by atoms with Crippen LogP contribution in [0, 0.1) is 19.8 Å². The Balaban J connectivity index is 1.93. The van der Waals surface area contributed by atoms with Gasteiger partial charge in [0.25, 0.3) is 0 Å². The minimum Gasteiger partial charge on any atom is -0.492 e. The summed E-state index contributed by atoms with van der Waals surface area (Å²) in [6, 6.07) is 6.96. The normalized spacial score (nSPS) is 17.9. The third-order valence-electron chi connectivity index (χ3n) is 4.31. The number of benzene rings is 1. The molecule has 0 heterocycles. The minimum atomic E-state index is 0.501. The van der Waals surface area contributed by atoms with E-state index < -0.39 is 0 Å². The minimum absolute atomic E-state index is 0.501. The van der Waals surface area contributed by atoms with Crippen molar-refractivity contribution >= 4 is 0 Å². The number of aryl methyl sites for hydroxylation is 2. The van der Waals surface area contributed by atoms with E-state index in [-0.39, 0.29) is 0 Å². The van der Waals surface area contributed by atoms with Crippen molar-refractivity contribution in [3.05, 3.63) is 29.3 Å². The first-order chi connectivity index (χ1) is 9.69. The van der Waals surface area contributed by atoms with Gasteiger partial charge in [-0.2, -0.15) is 0 Å². The lowest BCUT2D eigenvalue weighted by atomic mass is 9.84. The molecule has 1 aliphatic carbocycles. The Bertz CT molecular complexity index is 390. The molecule has 0 bridgehead atoms. The summed E-state index contributed by atoms with van der Waals surface area (Å²) < 4.78 is 6.07. The van der Waals surface area contributed by atoms with Crippen LogP contribution in [-0.2, 0) is 0 Å². The van der Waals surface area contributed by atoms with E-state index in [1.54, 1.807) is 0 Å². The third kappa shape index (κ3) is 4.52. The van der Waals surface area contributed by atoms with Crippen LogP contribution in [0.1, 0.15) is 50.2 Å². The average molecular weight is 275 g/mol. The van der Waals surface area contributed by atoms with Crippen LogP contribution in [0.4, 0.5) is 0 Å². The Morgan fingerprint density at radius 3 is 2.35 bits per heavy atom. The highest BCUT2D eigenvalue weighted by Crippen LogP contribution is 2.27. The van der Waals surface area contributed by atoms with Gasteiger partial charge in [0.15, 0.2) is 0 Å². The molecule has 1 fully saturated rings. The van der Waals surface area contributed by atoms with Gasteiger partial charge >= 0.3 is 0 Å². The fourth-order valence-corrected chi connectivity index (χ4v) is 3.36. The summed E-state index contributed by atoms with van der Waals surface area (Å²) in [4.78, 5) is 0. The van der Waals surface area contributed by atoms with Gasteiger partial charge in [0.1, 0.15) is 12.4 Å². The zero-order valence-electron chi connectivity index (χ0n) is 13.2. The smallest absolute Gasteiger partial charge is 0.119 e. The van der Waals surface area contributed by atoms with Gasteiger partial charge in [0.2, 0.25) is 0 Å². The second kappa shape index (κ2) is 7.68. The van der Waals surface area contributed by atoms with Crippen molar-refractivity contribution in [2.45, 2.75) is 58.9 Å². The molecule has 1 saturated carbocycles. The number of hydrogen-bond donors (Lipinski definition) is 1. The maximum Gasteiger partial charge on any atom is 0.119 e. The first kappa shape index (κ1) is 15.4. The van der Waals surface area contributed by atoms with E-state index >= 15 is 0 Å². The van der Waals surface area contributed by atoms with Crippen LogP contribution in [0.5, 0.6) is 5.75 Å². The summed E-state index contributed by atoms with van der Waals surface area (Å²) in [5.74, 6) is 1.80. The van der Waals surface area contributed by atoms with E-state index in [2.05, 4.69) is 44.3 Å². The van der Waals surface area contributed by atoms with Crippen molar-refractivity contribution in [3.63, 3.8) is 0 Å². The number of nitrogens with one attached hydrogen (secondary N) is 1. The van der Waals surface area contributed by atoms with Gasteiger partial charge < -0.3 is 10.1 Å². The highest BCUT2D eigenvalue weighted by molar-refractivity contribution is 5.33. The molecule has 20 heavy (non-hydrogen) atoms. The number of ether oxygens (including phenoxy) is 1. The fourth-order valence-electron chi connectivity index (χ4n) is 3.36. The predicted octanol–water partition coefficient (Wildman–Crippen LogP) is 4.24. The molecule has 0 aromatic heterocycles. The molecule has 1 unspecified atom stereocenters. The molecular formula is C18H29NO. The number of rotatable bonds is 6. The molecule has 2 heteroatoms. The van der Waals surface area contributed by atoms with Crippen molar-refractivity contribution < 1.29 is 4.74 Å². The molecule has 0 aliphatic heterocycles. The highest BCUT2D eigenvalue weighted by atomic mass is 16.5. The first-order valence-electron chi connectivity index (χ1n) is 8.13. The summed E-state index contributed by atoms with van der Waals surface area (Å²) >= 11 is 0. The highest BCUT2D eigenvalue weighted by Gasteiger charge is 2.23. The van der Waals surface area contributed by atoms with Crippen LogP contribution >= 0.6 is 0 Å². The molecule has 2 nitrogen and oxygen atoms in total. The molecule has 0 amide bonds. The fraction of sp³-hybridized carbons (Fsp3) is 0.667. The van der Waals surface area contributed by atoms with Crippen molar-refractivity contribution in [3.8, 4) is 5.75 Å². The first-order valence-corrected chi connectivity index (χ1v) is 8.13. The summed E-state index contributed by atoms with van der Waals surface area (Å²) in [5, 5.41) is 3.63. The van der Waals surface area contributed by atoms with Crippen LogP contribution in [0.15, 0.2) is 18.2 Å². The largest absolute Gasteiger partial charge is 0.492 e. The van der Waals surface area contributed by atoms with Gasteiger partial charge in [-0.25, -0.2) is 0 Å². The topological polar surface area (TPSA) is 21.3 Å². The van der Waals surface area contributed by atoms with E-state index in [0.29, 0.717) is 6.04 Å². The van der Waals surface area contributed by atoms with Gasteiger partial charge in [0, 0.05) is 6.04 Å². The maximum atomic E-state index is 6.07. The van der Waals surface area contributed by atoms with E-state index in [4.69, 9.17) is 4.74 Å². The molecule has 1 aromatic carbocycles. The van der Waals surface area contributed by atoms with Gasteiger partial charge in [-0.1, -0.05) is 32.3 Å². The molecule has 1 aliphatic rings. The maximum absolute atomic E-state index is 6.07. The molecule has 0 spiro atoms. The van der Waals surface area contributed by atoms with Crippen molar-refractivity contribution in [1.29, 1.82) is 0 Å². The van der Waals surface area contributed by atoms with Crippen molar-refractivity contribution in [2.24, 2.45) is 5.92 Å². The van der Waals surface area contributed by atoms with E-state index in [1.807, 2.05) is 0 Å². The molecule has 0 saturated heterocycles. The summed E-state index contributed by atoms with van der Waals surface area (Å²) in [6.07, 6.45) is 6.89. The van der Waals surface area contributed by atoms with Gasteiger partial charge in [-0.05, 0) is 62.4 Å². The average Bonchev–Trinajstić information content (AvgIpc) is 2.43. The van der Waals surface area contributed by atoms with Crippen LogP contribution in [-0.4, -0.2) is 19.2 Å². The Morgan fingerprint density at radius 1 is 1.10 bits per heavy atom. The van der Waals surface area contributed by atoms with E-state index in [1.165, 1.54) is 43.2 Å². The Labute approximate surface area is 123 Å². The molecular weight excluding hydrogens is 246 g/mol. The predicted molar refractivity (Wildman–Crippen MR) is 85.5 cm³/mol. The lowest BCUT2D eigenvalue weighted by molar-refractivity contribution is 0.187. The lowest BCUT2D eigenvalue weighted by Crippen LogP contribution is -2.41. The van der Waals surface area contributed by atoms with Gasteiger partial charge in [-0.15, -0.1) is 0 Å². The second-order valence-electron chi connectivity index (χ2n) is 6.20. The van der Waals surface area contributed by atoms with E-state index in [0.717, 1.165) is 24.8 Å². The molecule has 112 valence electrons. The SMILES string of the molecule is CCNC(COc1cc(C)cc(C)c1)C1CCCCC1. The standard InChI is InChI=1S/C18H29NO/c1-4-19-18(16-8-6-5-7-9-16)13-20-17-11-14(2)10-15(3)12-17/h10-12,16,18-19H,4-9,13H2,1-3H3. The molecule has 1 N–H and O–H groups in total. The van der Waals surface area contributed by atoms with Crippen molar-refractivity contribution in [1.82, 2.24) is 5.32 Å². The Hall–Kier alpha value is -1.02. The van der Waals surface area contributed by atoms with Crippen LogP contribution < -0.4 is 10.1 Å².